The Kier molecular flexibility index (Phi) is 3.01. The second kappa shape index (κ2) is 3.92. The molecule has 0 aliphatic carbocycles. The number of alkyl halides is 4. The summed E-state index contributed by atoms with van der Waals surface area (Å²) in [5.41, 5.74) is -0.697. The van der Waals surface area contributed by atoms with Crippen molar-refractivity contribution in [3.8, 4) is 11.5 Å². The van der Waals surface area contributed by atoms with E-state index in [0.717, 1.165) is 6.20 Å². The fourth-order valence-electron chi connectivity index (χ4n) is 0.974. The number of halogens is 4. The zero-order valence-electron chi connectivity index (χ0n) is 7.60. The Labute approximate surface area is 82.3 Å². The van der Waals surface area contributed by atoms with Crippen LogP contribution in [0.1, 0.15) is 11.3 Å². The van der Waals surface area contributed by atoms with Gasteiger partial charge >= 0.3 is 6.36 Å². The molecule has 0 aromatic carbocycles. The second-order valence-electron chi connectivity index (χ2n) is 2.73. The molecule has 0 fully saturated rings. The summed E-state index contributed by atoms with van der Waals surface area (Å²) in [7, 11) is 0. The molecule has 7 heteroatoms. The fraction of sp³-hybridized carbons (Fsp3) is 0.375. The highest BCUT2D eigenvalue weighted by atomic mass is 19.4. The van der Waals surface area contributed by atoms with Gasteiger partial charge in [0, 0.05) is 5.56 Å². The van der Waals surface area contributed by atoms with Gasteiger partial charge in [0.2, 0.25) is 0 Å². The van der Waals surface area contributed by atoms with Gasteiger partial charge in [-0.15, -0.1) is 13.2 Å². The Morgan fingerprint density at radius 1 is 1.47 bits per heavy atom. The van der Waals surface area contributed by atoms with E-state index in [-0.39, 0.29) is 5.56 Å². The van der Waals surface area contributed by atoms with Crippen molar-refractivity contribution >= 4 is 0 Å². The monoisotopic (exact) mass is 225 g/mol. The van der Waals surface area contributed by atoms with E-state index in [9.17, 15) is 17.6 Å². The molecule has 0 bridgehead atoms. The van der Waals surface area contributed by atoms with E-state index < -0.39 is 30.2 Å². The zero-order chi connectivity index (χ0) is 11.6. The van der Waals surface area contributed by atoms with Crippen LogP contribution in [-0.2, 0) is 6.67 Å². The Morgan fingerprint density at radius 2 is 2.07 bits per heavy atom. The topological polar surface area (TPSA) is 42.4 Å². The highest BCUT2D eigenvalue weighted by Gasteiger charge is 2.33. The minimum atomic E-state index is -4.94. The first-order chi connectivity index (χ1) is 6.85. The van der Waals surface area contributed by atoms with Gasteiger partial charge in [0.15, 0.2) is 5.75 Å². The van der Waals surface area contributed by atoms with Gasteiger partial charge in [0.05, 0.1) is 6.20 Å². The van der Waals surface area contributed by atoms with Crippen LogP contribution >= 0.6 is 0 Å². The largest absolute Gasteiger partial charge is 0.573 e. The maximum atomic E-state index is 12.3. The lowest BCUT2D eigenvalue weighted by atomic mass is 10.2. The number of rotatable bonds is 2. The molecule has 1 aromatic heterocycles. The van der Waals surface area contributed by atoms with Gasteiger partial charge in [-0.1, -0.05) is 0 Å². The Balaban J connectivity index is 3.18. The van der Waals surface area contributed by atoms with Crippen LogP contribution in [-0.4, -0.2) is 16.5 Å². The average Bonchev–Trinajstić information content (AvgIpc) is 2.11. The van der Waals surface area contributed by atoms with Gasteiger partial charge in [0.1, 0.15) is 18.1 Å². The summed E-state index contributed by atoms with van der Waals surface area (Å²) < 4.78 is 51.6. The molecular formula is C8H7F4NO2. The van der Waals surface area contributed by atoms with Crippen LogP contribution in [0.2, 0.25) is 0 Å². The summed E-state index contributed by atoms with van der Waals surface area (Å²) in [6.07, 6.45) is -4.07. The highest BCUT2D eigenvalue weighted by molar-refractivity contribution is 5.44. The first-order valence-electron chi connectivity index (χ1n) is 3.84. The molecule has 0 aliphatic rings. The van der Waals surface area contributed by atoms with Crippen LogP contribution in [0.15, 0.2) is 6.20 Å². The summed E-state index contributed by atoms with van der Waals surface area (Å²) in [5, 5.41) is 9.08. The van der Waals surface area contributed by atoms with E-state index >= 15 is 0 Å². The van der Waals surface area contributed by atoms with E-state index in [1.165, 1.54) is 6.92 Å². The second-order valence-corrected chi connectivity index (χ2v) is 2.73. The van der Waals surface area contributed by atoms with E-state index in [1.54, 1.807) is 0 Å². The summed E-state index contributed by atoms with van der Waals surface area (Å²) in [4.78, 5) is 3.29. The van der Waals surface area contributed by atoms with Crippen molar-refractivity contribution in [2.75, 3.05) is 0 Å². The first-order valence-corrected chi connectivity index (χ1v) is 3.84. The van der Waals surface area contributed by atoms with E-state index in [4.69, 9.17) is 5.11 Å². The maximum Gasteiger partial charge on any atom is 0.573 e. The van der Waals surface area contributed by atoms with Crippen molar-refractivity contribution in [2.24, 2.45) is 0 Å². The van der Waals surface area contributed by atoms with E-state index in [0.29, 0.717) is 0 Å². The smallest absolute Gasteiger partial charge is 0.506 e. The molecule has 84 valence electrons. The summed E-state index contributed by atoms with van der Waals surface area (Å²) >= 11 is 0. The Morgan fingerprint density at radius 3 is 2.53 bits per heavy atom. The Bertz CT molecular complexity index is 364. The van der Waals surface area contributed by atoms with Crippen LogP contribution in [0.5, 0.6) is 11.5 Å². The molecule has 0 radical (unpaired) electrons. The zero-order valence-corrected chi connectivity index (χ0v) is 7.60. The fourth-order valence-corrected chi connectivity index (χ4v) is 0.974. The van der Waals surface area contributed by atoms with E-state index in [1.807, 2.05) is 0 Å². The van der Waals surface area contributed by atoms with Crippen molar-refractivity contribution in [3.05, 3.63) is 17.5 Å². The van der Waals surface area contributed by atoms with Crippen molar-refractivity contribution in [3.63, 3.8) is 0 Å². The number of pyridine rings is 1. The van der Waals surface area contributed by atoms with Crippen LogP contribution in [0.3, 0.4) is 0 Å². The van der Waals surface area contributed by atoms with Crippen LogP contribution < -0.4 is 4.74 Å². The number of aromatic hydroxyl groups is 1. The average molecular weight is 225 g/mol. The van der Waals surface area contributed by atoms with Crippen LogP contribution in [0, 0.1) is 6.92 Å². The predicted molar refractivity (Wildman–Crippen MR) is 42.1 cm³/mol. The molecule has 0 aliphatic heterocycles. The van der Waals surface area contributed by atoms with Crippen LogP contribution in [0.25, 0.3) is 0 Å². The third kappa shape index (κ3) is 2.71. The molecular weight excluding hydrogens is 218 g/mol. The lowest BCUT2D eigenvalue weighted by Gasteiger charge is -2.14. The molecule has 0 saturated carbocycles. The van der Waals surface area contributed by atoms with Crippen molar-refractivity contribution in [1.82, 2.24) is 4.98 Å². The van der Waals surface area contributed by atoms with Gasteiger partial charge < -0.3 is 9.84 Å². The molecule has 15 heavy (non-hydrogen) atoms. The van der Waals surface area contributed by atoms with Gasteiger partial charge in [-0.2, -0.15) is 0 Å². The summed E-state index contributed by atoms with van der Waals surface area (Å²) in [6, 6.07) is 0. The van der Waals surface area contributed by atoms with E-state index in [2.05, 4.69) is 9.72 Å². The minimum absolute atomic E-state index is 0.199. The molecule has 0 atom stereocenters. The lowest BCUT2D eigenvalue weighted by molar-refractivity contribution is -0.275. The molecule has 1 N–H and O–H groups in total. The number of hydrogen-bond donors (Lipinski definition) is 1. The standard InChI is InChI=1S/C8H7F4NO2/c1-4-6(14)3-13-5(2-9)7(4)15-8(10,11)12/h3,14H,2H2,1H3. The SMILES string of the molecule is Cc1c(O)cnc(CF)c1OC(F)(F)F. The molecule has 1 heterocycles. The normalized spacial score (nSPS) is 11.5. The van der Waals surface area contributed by atoms with Gasteiger partial charge in [-0.3, -0.25) is 4.98 Å². The number of aromatic nitrogens is 1. The molecule has 1 aromatic rings. The maximum absolute atomic E-state index is 12.3. The van der Waals surface area contributed by atoms with Gasteiger partial charge in [-0.25, -0.2) is 4.39 Å². The van der Waals surface area contributed by atoms with Crippen LogP contribution in [0.4, 0.5) is 17.6 Å². The van der Waals surface area contributed by atoms with Crippen molar-refractivity contribution in [1.29, 1.82) is 0 Å². The molecule has 0 saturated heterocycles. The Hall–Kier alpha value is -1.53. The van der Waals surface area contributed by atoms with Crippen molar-refractivity contribution < 1.29 is 27.4 Å². The number of nitrogens with zero attached hydrogens (tertiary/aromatic N) is 1. The molecule has 0 spiro atoms. The molecule has 0 amide bonds. The van der Waals surface area contributed by atoms with Gasteiger partial charge in [0.25, 0.3) is 0 Å². The molecule has 3 nitrogen and oxygen atoms in total. The lowest BCUT2D eigenvalue weighted by Crippen LogP contribution is -2.19. The quantitative estimate of drug-likeness (QED) is 0.786. The number of hydrogen-bond acceptors (Lipinski definition) is 3. The number of ether oxygens (including phenoxy) is 1. The predicted octanol–water partition coefficient (Wildman–Crippen LogP) is 2.46. The minimum Gasteiger partial charge on any atom is -0.506 e. The summed E-state index contributed by atoms with van der Waals surface area (Å²) in [6.45, 7) is -0.0240. The third-order valence-corrected chi connectivity index (χ3v) is 1.67. The van der Waals surface area contributed by atoms with Crippen molar-refractivity contribution in [2.45, 2.75) is 20.0 Å². The molecule has 1 rings (SSSR count). The first kappa shape index (κ1) is 11.5. The van der Waals surface area contributed by atoms with Gasteiger partial charge in [-0.05, 0) is 6.92 Å². The highest BCUT2D eigenvalue weighted by Crippen LogP contribution is 2.33. The summed E-state index contributed by atoms with van der Waals surface area (Å²) in [5.74, 6) is -1.27. The third-order valence-electron chi connectivity index (χ3n) is 1.67. The molecule has 0 unspecified atom stereocenters.